The van der Waals surface area contributed by atoms with E-state index in [1.165, 1.54) is 42.5 Å². The van der Waals surface area contributed by atoms with Gasteiger partial charge in [0.1, 0.15) is 4.90 Å². The molecule has 2 aromatic carbocycles. The molecule has 132 valence electrons. The molecule has 1 N–H and O–H groups in total. The second-order valence-corrected chi connectivity index (χ2v) is 6.21. The average Bonchev–Trinajstić information content (AvgIpc) is 2.60. The summed E-state index contributed by atoms with van der Waals surface area (Å²) in [4.78, 5) is 16.8. The molecule has 0 heterocycles. The Morgan fingerprint density at radius 3 is 2.11 bits per heavy atom. The van der Waals surface area contributed by atoms with E-state index in [-0.39, 0.29) is 46.4 Å². The van der Waals surface area contributed by atoms with E-state index in [9.17, 15) is 17.8 Å². The summed E-state index contributed by atoms with van der Waals surface area (Å²) in [6, 6.07) is 9.44. The summed E-state index contributed by atoms with van der Waals surface area (Å²) >= 11 is 0. The first kappa shape index (κ1) is 22.4. The molecule has 0 radical (unpaired) electrons. The van der Waals surface area contributed by atoms with Crippen molar-refractivity contribution in [2.45, 2.75) is 4.90 Å². The Morgan fingerprint density at radius 1 is 1.00 bits per heavy atom. The summed E-state index contributed by atoms with van der Waals surface area (Å²) in [6.07, 6.45) is 2.34. The van der Waals surface area contributed by atoms with Gasteiger partial charge < -0.3 is 0 Å². The molecule has 0 fully saturated rings. The molecule has 0 amide bonds. The van der Waals surface area contributed by atoms with E-state index < -0.39 is 20.8 Å². The quantitative estimate of drug-likeness (QED) is 0.148. The first-order valence-corrected chi connectivity index (χ1v) is 8.33. The van der Waals surface area contributed by atoms with Gasteiger partial charge in [-0.05, 0) is 34.8 Å². The second kappa shape index (κ2) is 9.91. The molecule has 2 aromatic rings. The summed E-state index contributed by atoms with van der Waals surface area (Å²) in [5.74, 6) is -0.433. The Morgan fingerprint density at radius 2 is 1.56 bits per heavy atom. The van der Waals surface area contributed by atoms with Crippen molar-refractivity contribution in [2.75, 3.05) is 0 Å². The molecule has 0 atom stereocenters. The molecular formula is C15H11N6NaO4S. The van der Waals surface area contributed by atoms with Gasteiger partial charge in [-0.2, -0.15) is 8.42 Å². The van der Waals surface area contributed by atoms with Crippen molar-refractivity contribution >= 4 is 62.9 Å². The van der Waals surface area contributed by atoms with Crippen LogP contribution in [0.2, 0.25) is 0 Å². The summed E-state index contributed by atoms with van der Waals surface area (Å²) in [6.45, 7) is 0. The maximum atomic E-state index is 12.1. The molecule has 0 saturated heterocycles. The number of ketones is 1. The number of hydrogen-bond acceptors (Lipinski definition) is 5. The first-order valence-electron chi connectivity index (χ1n) is 6.89. The molecule has 0 aromatic heterocycles. The van der Waals surface area contributed by atoms with Crippen LogP contribution in [0.25, 0.3) is 27.0 Å². The van der Waals surface area contributed by atoms with Crippen LogP contribution in [0.4, 0.5) is 11.4 Å². The van der Waals surface area contributed by atoms with Crippen molar-refractivity contribution in [3.63, 3.8) is 0 Å². The maximum absolute atomic E-state index is 12.1. The van der Waals surface area contributed by atoms with Gasteiger partial charge in [-0.3, -0.25) is 9.35 Å². The fraction of sp³-hybridized carbons (Fsp3) is 0. The number of rotatable bonds is 6. The average molecular weight is 394 g/mol. The van der Waals surface area contributed by atoms with Crippen LogP contribution in [-0.4, -0.2) is 48.3 Å². The number of carbonyl (C=O) groups is 1. The second-order valence-electron chi connectivity index (χ2n) is 4.82. The zero-order chi connectivity index (χ0) is 19.2. The van der Waals surface area contributed by atoms with Crippen LogP contribution in [0, 0.1) is 0 Å². The summed E-state index contributed by atoms with van der Waals surface area (Å²) < 4.78 is 32.3. The van der Waals surface area contributed by atoms with Crippen molar-refractivity contribution in [3.05, 3.63) is 80.6 Å². The van der Waals surface area contributed by atoms with Crippen LogP contribution in [0.1, 0.15) is 15.9 Å². The topological polar surface area (TPSA) is 169 Å². The van der Waals surface area contributed by atoms with E-state index >= 15 is 0 Å². The van der Waals surface area contributed by atoms with E-state index in [4.69, 9.17) is 11.1 Å². The van der Waals surface area contributed by atoms with Crippen molar-refractivity contribution in [3.8, 4) is 0 Å². The zero-order valence-corrected chi connectivity index (χ0v) is 13.8. The number of carbonyl (C=O) groups excluding carboxylic acids is 1. The Bertz CT molecular complexity index is 1090. The number of azide groups is 2. The van der Waals surface area contributed by atoms with E-state index in [0.717, 1.165) is 12.1 Å². The third kappa shape index (κ3) is 6.24. The Labute approximate surface area is 175 Å². The molecule has 0 bridgehead atoms. The third-order valence-corrected chi connectivity index (χ3v) is 4.07. The molecule has 10 nitrogen and oxygen atoms in total. The van der Waals surface area contributed by atoms with E-state index in [0.29, 0.717) is 5.69 Å². The Balaban J connectivity index is 0.00000364. The van der Waals surface area contributed by atoms with Crippen LogP contribution in [-0.2, 0) is 10.1 Å². The molecule has 0 unspecified atom stereocenters. The van der Waals surface area contributed by atoms with E-state index in [1.54, 1.807) is 0 Å². The fourth-order valence-corrected chi connectivity index (χ4v) is 2.71. The van der Waals surface area contributed by atoms with Crippen molar-refractivity contribution in [1.29, 1.82) is 0 Å². The molecule has 27 heavy (non-hydrogen) atoms. The first-order chi connectivity index (χ1) is 12.3. The molecule has 0 aliphatic rings. The van der Waals surface area contributed by atoms with Gasteiger partial charge in [0.05, 0.1) is 0 Å². The van der Waals surface area contributed by atoms with Gasteiger partial charge in [0.25, 0.3) is 10.1 Å². The van der Waals surface area contributed by atoms with Gasteiger partial charge in [-0.15, -0.1) is 0 Å². The standard InChI is InChI=1S/C15H10N6O4S.Na.H/c16-20-18-12-5-1-10(2-6-12)14(22)8-4-11-3-7-13(19-21-17)9-15(11)26(23,24)25;;/h1-9H,(H,23,24,25);;/b8-4+;;. The predicted octanol–water partition coefficient (Wildman–Crippen LogP) is 4.06. The van der Waals surface area contributed by atoms with Crippen molar-refractivity contribution in [2.24, 2.45) is 10.2 Å². The van der Waals surface area contributed by atoms with Gasteiger partial charge >= 0.3 is 29.6 Å². The van der Waals surface area contributed by atoms with Crippen LogP contribution >= 0.6 is 0 Å². The summed E-state index contributed by atoms with van der Waals surface area (Å²) in [5.41, 5.74) is 17.4. The third-order valence-electron chi connectivity index (χ3n) is 3.16. The molecule has 12 heteroatoms. The molecule has 0 spiro atoms. The van der Waals surface area contributed by atoms with Gasteiger partial charge in [-0.25, -0.2) is 0 Å². The molecule has 0 saturated carbocycles. The van der Waals surface area contributed by atoms with Crippen molar-refractivity contribution < 1.29 is 17.8 Å². The normalized spacial score (nSPS) is 10.4. The molecule has 0 aliphatic carbocycles. The Kier molecular flexibility index (Phi) is 8.23. The van der Waals surface area contributed by atoms with Crippen molar-refractivity contribution in [1.82, 2.24) is 0 Å². The minimum atomic E-state index is -4.59. The summed E-state index contributed by atoms with van der Waals surface area (Å²) in [5, 5.41) is 6.65. The number of benzene rings is 2. The van der Waals surface area contributed by atoms with Crippen LogP contribution in [0.15, 0.2) is 63.7 Å². The SMILES string of the molecule is [N-]=[N+]=Nc1ccc(C(=O)/C=C/c2ccc(N=[N+]=[N-])cc2S(=O)(=O)O)cc1.[NaH]. The van der Waals surface area contributed by atoms with Gasteiger partial charge in [0.2, 0.25) is 0 Å². The number of hydrogen-bond donors (Lipinski definition) is 1. The zero-order valence-electron chi connectivity index (χ0n) is 13.0. The van der Waals surface area contributed by atoms with Crippen LogP contribution in [0.3, 0.4) is 0 Å². The number of allylic oxidation sites excluding steroid dienone is 1. The summed E-state index contributed by atoms with van der Waals surface area (Å²) in [7, 11) is -4.59. The number of nitrogens with zero attached hydrogens (tertiary/aromatic N) is 6. The molecule has 0 aliphatic heterocycles. The van der Waals surface area contributed by atoms with E-state index in [1.807, 2.05) is 0 Å². The fourth-order valence-electron chi connectivity index (χ4n) is 2.00. The molecular weight excluding hydrogens is 383 g/mol. The monoisotopic (exact) mass is 394 g/mol. The molecule has 2 rings (SSSR count). The predicted molar refractivity (Wildman–Crippen MR) is 101 cm³/mol. The van der Waals surface area contributed by atoms with Gasteiger partial charge in [0.15, 0.2) is 5.78 Å². The van der Waals surface area contributed by atoms with E-state index in [2.05, 4.69) is 20.1 Å². The Hall–Kier alpha value is -2.62. The van der Waals surface area contributed by atoms with Gasteiger partial charge in [-0.1, -0.05) is 46.6 Å². The minimum absolute atomic E-state index is 0. The van der Waals surface area contributed by atoms with Crippen LogP contribution < -0.4 is 0 Å². The van der Waals surface area contributed by atoms with Crippen LogP contribution in [0.5, 0.6) is 0 Å². The van der Waals surface area contributed by atoms with Gasteiger partial charge in [0, 0.05) is 26.8 Å².